The van der Waals surface area contributed by atoms with Gasteiger partial charge in [0.1, 0.15) is 0 Å². The van der Waals surface area contributed by atoms with E-state index in [4.69, 9.17) is 9.68 Å². The number of carbonyl (C=O) groups is 3. The van der Waals surface area contributed by atoms with Gasteiger partial charge in [0.05, 0.1) is 24.3 Å². The third-order valence-electron chi connectivity index (χ3n) is 4.29. The summed E-state index contributed by atoms with van der Waals surface area (Å²) in [6.07, 6.45) is 2.36. The van der Waals surface area contributed by atoms with Crippen molar-refractivity contribution in [3.63, 3.8) is 0 Å². The van der Waals surface area contributed by atoms with Crippen molar-refractivity contribution >= 4 is 17.7 Å². The van der Waals surface area contributed by atoms with E-state index in [1.54, 1.807) is 24.3 Å². The minimum absolute atomic E-state index is 0.183. The third-order valence-corrected chi connectivity index (χ3v) is 4.29. The summed E-state index contributed by atoms with van der Waals surface area (Å²) < 4.78 is 0. The first-order valence-electron chi connectivity index (χ1n) is 9.22. The molecule has 0 unspecified atom stereocenters. The molecule has 1 heterocycles. The number of hydrogen-bond acceptors (Lipinski definition) is 5. The molecule has 2 aromatic rings. The number of benzene rings is 2. The molecule has 1 aliphatic heterocycles. The maximum absolute atomic E-state index is 12.1. The fourth-order valence-electron chi connectivity index (χ4n) is 2.83. The standard InChI is InChI=1S/C21H22N2O5/c24-19(22-27-15-16-9-3-1-4-10-16)13-5-2-8-14-28-23-20(25)17-11-6-7-12-18(17)21(23)26/h1,3-4,6-7,9-12H,2,5,8,13-15H2,(H,22,24). The van der Waals surface area contributed by atoms with Crippen LogP contribution in [0.5, 0.6) is 0 Å². The predicted molar refractivity (Wildman–Crippen MR) is 101 cm³/mol. The number of nitrogens with one attached hydrogen (secondary N) is 1. The van der Waals surface area contributed by atoms with Crippen molar-refractivity contribution in [2.45, 2.75) is 32.3 Å². The molecule has 28 heavy (non-hydrogen) atoms. The van der Waals surface area contributed by atoms with Crippen molar-refractivity contribution in [3.05, 3.63) is 71.3 Å². The number of imide groups is 1. The van der Waals surface area contributed by atoms with Crippen LogP contribution in [0.2, 0.25) is 0 Å². The van der Waals surface area contributed by atoms with Crippen LogP contribution in [0.1, 0.15) is 52.0 Å². The van der Waals surface area contributed by atoms with Gasteiger partial charge in [-0.15, -0.1) is 5.06 Å². The van der Waals surface area contributed by atoms with Gasteiger partial charge in [-0.3, -0.25) is 24.1 Å². The summed E-state index contributed by atoms with van der Waals surface area (Å²) in [6.45, 7) is 0.554. The summed E-state index contributed by atoms with van der Waals surface area (Å²) in [7, 11) is 0. The number of hydroxylamine groups is 3. The number of nitrogens with zero attached hydrogens (tertiary/aromatic N) is 1. The van der Waals surface area contributed by atoms with Gasteiger partial charge < -0.3 is 0 Å². The minimum atomic E-state index is -0.435. The highest BCUT2D eigenvalue weighted by Gasteiger charge is 2.36. The number of hydrogen-bond donors (Lipinski definition) is 1. The van der Waals surface area contributed by atoms with Crippen LogP contribution in [-0.2, 0) is 21.1 Å². The first-order valence-corrected chi connectivity index (χ1v) is 9.22. The quantitative estimate of drug-likeness (QED) is 0.388. The Kier molecular flexibility index (Phi) is 6.89. The van der Waals surface area contributed by atoms with E-state index >= 15 is 0 Å². The van der Waals surface area contributed by atoms with Gasteiger partial charge in [0.25, 0.3) is 11.8 Å². The number of carbonyl (C=O) groups excluding carboxylic acids is 3. The van der Waals surface area contributed by atoms with Crippen molar-refractivity contribution in [1.29, 1.82) is 0 Å². The van der Waals surface area contributed by atoms with Crippen LogP contribution in [0.15, 0.2) is 54.6 Å². The van der Waals surface area contributed by atoms with Crippen molar-refractivity contribution in [2.75, 3.05) is 6.61 Å². The zero-order valence-electron chi connectivity index (χ0n) is 15.4. The summed E-state index contributed by atoms with van der Waals surface area (Å²) in [5.74, 6) is -1.05. The molecule has 3 amide bonds. The molecular formula is C21H22N2O5. The molecule has 0 atom stereocenters. The summed E-state index contributed by atoms with van der Waals surface area (Å²) in [5.41, 5.74) is 4.12. The van der Waals surface area contributed by atoms with Crippen LogP contribution in [-0.4, -0.2) is 29.4 Å². The number of fused-ring (bicyclic) bond motifs is 1. The molecule has 0 radical (unpaired) electrons. The van der Waals surface area contributed by atoms with Gasteiger partial charge in [-0.05, 0) is 30.5 Å². The lowest BCUT2D eigenvalue weighted by atomic mass is 10.1. The number of amides is 3. The van der Waals surface area contributed by atoms with Gasteiger partial charge in [0, 0.05) is 6.42 Å². The predicted octanol–water partition coefficient (Wildman–Crippen LogP) is 3.02. The summed E-state index contributed by atoms with van der Waals surface area (Å²) in [5, 5.41) is 0.814. The molecule has 7 heteroatoms. The SMILES string of the molecule is O=C(CCCCCON1C(=O)c2ccccc2C1=O)NOCc1ccccc1. The lowest BCUT2D eigenvalue weighted by Gasteiger charge is -2.13. The van der Waals surface area contributed by atoms with Gasteiger partial charge in [-0.2, -0.15) is 0 Å². The van der Waals surface area contributed by atoms with E-state index < -0.39 is 11.8 Å². The van der Waals surface area contributed by atoms with E-state index in [1.807, 2.05) is 30.3 Å². The zero-order valence-corrected chi connectivity index (χ0v) is 15.4. The van der Waals surface area contributed by atoms with Crippen LogP contribution in [0.4, 0.5) is 0 Å². The van der Waals surface area contributed by atoms with Gasteiger partial charge in [-0.1, -0.05) is 48.9 Å². The van der Waals surface area contributed by atoms with Crippen LogP contribution in [0.3, 0.4) is 0 Å². The highest BCUT2D eigenvalue weighted by Crippen LogP contribution is 2.22. The largest absolute Gasteiger partial charge is 0.285 e. The van der Waals surface area contributed by atoms with Crippen LogP contribution in [0, 0.1) is 0 Å². The molecule has 1 N–H and O–H groups in total. The minimum Gasteiger partial charge on any atom is -0.273 e. The Hall–Kier alpha value is -3.03. The Balaban J connectivity index is 1.26. The molecule has 0 aromatic heterocycles. The second-order valence-electron chi connectivity index (χ2n) is 6.39. The second kappa shape index (κ2) is 9.77. The topological polar surface area (TPSA) is 84.9 Å². The van der Waals surface area contributed by atoms with Gasteiger partial charge in [0.15, 0.2) is 0 Å². The molecule has 3 rings (SSSR count). The van der Waals surface area contributed by atoms with Gasteiger partial charge in [0.2, 0.25) is 5.91 Å². The first kappa shape index (κ1) is 19.7. The van der Waals surface area contributed by atoms with Gasteiger partial charge >= 0.3 is 0 Å². The Labute approximate surface area is 163 Å². The molecule has 7 nitrogen and oxygen atoms in total. The normalized spacial score (nSPS) is 12.9. The molecule has 0 saturated heterocycles. The lowest BCUT2D eigenvalue weighted by Crippen LogP contribution is -2.30. The molecular weight excluding hydrogens is 360 g/mol. The Morgan fingerprint density at radius 3 is 2.18 bits per heavy atom. The van der Waals surface area contributed by atoms with E-state index in [1.165, 1.54) is 0 Å². The maximum atomic E-state index is 12.1. The second-order valence-corrected chi connectivity index (χ2v) is 6.39. The fraction of sp³-hybridized carbons (Fsp3) is 0.286. The summed E-state index contributed by atoms with van der Waals surface area (Å²) in [6, 6.07) is 16.2. The average molecular weight is 382 g/mol. The maximum Gasteiger partial charge on any atom is 0.285 e. The molecule has 2 aromatic carbocycles. The Bertz CT molecular complexity index is 803. The van der Waals surface area contributed by atoms with E-state index in [0.29, 0.717) is 37.0 Å². The smallest absolute Gasteiger partial charge is 0.273 e. The van der Waals surface area contributed by atoms with Crippen molar-refractivity contribution < 1.29 is 24.1 Å². The van der Waals surface area contributed by atoms with E-state index in [0.717, 1.165) is 17.0 Å². The van der Waals surface area contributed by atoms with Crippen LogP contribution < -0.4 is 5.48 Å². The molecule has 0 bridgehead atoms. The van der Waals surface area contributed by atoms with E-state index in [-0.39, 0.29) is 12.5 Å². The summed E-state index contributed by atoms with van der Waals surface area (Å²) >= 11 is 0. The van der Waals surface area contributed by atoms with Crippen molar-refractivity contribution in [1.82, 2.24) is 10.5 Å². The first-order chi connectivity index (χ1) is 13.7. The number of unbranched alkanes of at least 4 members (excludes halogenated alkanes) is 2. The number of rotatable bonds is 10. The lowest BCUT2D eigenvalue weighted by molar-refractivity contribution is -0.134. The monoisotopic (exact) mass is 382 g/mol. The fourth-order valence-corrected chi connectivity index (χ4v) is 2.83. The summed E-state index contributed by atoms with van der Waals surface area (Å²) in [4.78, 5) is 46.5. The van der Waals surface area contributed by atoms with Crippen molar-refractivity contribution in [2.24, 2.45) is 0 Å². The molecule has 0 aliphatic carbocycles. The van der Waals surface area contributed by atoms with Crippen LogP contribution in [0.25, 0.3) is 0 Å². The third kappa shape index (κ3) is 5.03. The Morgan fingerprint density at radius 2 is 1.50 bits per heavy atom. The molecule has 0 saturated carbocycles. The van der Waals surface area contributed by atoms with Crippen LogP contribution >= 0.6 is 0 Å². The molecule has 1 aliphatic rings. The van der Waals surface area contributed by atoms with E-state index in [9.17, 15) is 14.4 Å². The van der Waals surface area contributed by atoms with Crippen molar-refractivity contribution in [3.8, 4) is 0 Å². The average Bonchev–Trinajstić information content (AvgIpc) is 2.96. The van der Waals surface area contributed by atoms with E-state index in [2.05, 4.69) is 5.48 Å². The molecule has 146 valence electrons. The zero-order chi connectivity index (χ0) is 19.8. The molecule has 0 spiro atoms. The highest BCUT2D eigenvalue weighted by molar-refractivity contribution is 6.20. The Morgan fingerprint density at radius 1 is 0.857 bits per heavy atom. The highest BCUT2D eigenvalue weighted by atomic mass is 16.7. The molecule has 0 fully saturated rings. The van der Waals surface area contributed by atoms with Gasteiger partial charge in [-0.25, -0.2) is 5.48 Å².